The molecule has 0 spiro atoms. The Morgan fingerprint density at radius 2 is 1.95 bits per heavy atom. The van der Waals surface area contributed by atoms with E-state index >= 15 is 0 Å². The monoisotopic (exact) mass is 284 g/mol. The van der Waals surface area contributed by atoms with E-state index in [1.54, 1.807) is 31.6 Å². The molecular formula is C17H20N2O2. The van der Waals surface area contributed by atoms with E-state index in [-0.39, 0.29) is 5.91 Å². The van der Waals surface area contributed by atoms with Crippen LogP contribution in [0.3, 0.4) is 0 Å². The SMILES string of the molecule is COc1ccc(C(C)C)cc1CNC(=O)c1ccncc1. The highest BCUT2D eigenvalue weighted by Gasteiger charge is 2.09. The van der Waals surface area contributed by atoms with Crippen molar-refractivity contribution in [3.8, 4) is 5.75 Å². The summed E-state index contributed by atoms with van der Waals surface area (Å²) in [6.45, 7) is 4.72. The Labute approximate surface area is 125 Å². The summed E-state index contributed by atoms with van der Waals surface area (Å²) in [5, 5.41) is 2.91. The molecule has 4 heteroatoms. The predicted molar refractivity (Wildman–Crippen MR) is 82.5 cm³/mol. The van der Waals surface area contributed by atoms with Crippen molar-refractivity contribution >= 4 is 5.91 Å². The smallest absolute Gasteiger partial charge is 0.251 e. The van der Waals surface area contributed by atoms with Gasteiger partial charge in [0, 0.05) is 30.1 Å². The van der Waals surface area contributed by atoms with Gasteiger partial charge in [-0.05, 0) is 29.7 Å². The van der Waals surface area contributed by atoms with Crippen LogP contribution in [0, 0.1) is 0 Å². The first kappa shape index (κ1) is 15.0. The first-order valence-corrected chi connectivity index (χ1v) is 6.97. The molecule has 0 aliphatic rings. The molecule has 1 aromatic heterocycles. The lowest BCUT2D eigenvalue weighted by Gasteiger charge is -2.13. The quantitative estimate of drug-likeness (QED) is 0.917. The van der Waals surface area contributed by atoms with Gasteiger partial charge in [0.05, 0.1) is 7.11 Å². The second-order valence-corrected chi connectivity index (χ2v) is 5.14. The van der Waals surface area contributed by atoms with Gasteiger partial charge in [-0.15, -0.1) is 0 Å². The van der Waals surface area contributed by atoms with Crippen LogP contribution in [-0.2, 0) is 6.54 Å². The van der Waals surface area contributed by atoms with Gasteiger partial charge in [-0.2, -0.15) is 0 Å². The molecule has 1 aromatic carbocycles. The summed E-state index contributed by atoms with van der Waals surface area (Å²) in [6.07, 6.45) is 3.21. The van der Waals surface area contributed by atoms with Crippen molar-refractivity contribution < 1.29 is 9.53 Å². The summed E-state index contributed by atoms with van der Waals surface area (Å²) in [4.78, 5) is 16.0. The number of hydrogen-bond acceptors (Lipinski definition) is 3. The number of amides is 1. The lowest BCUT2D eigenvalue weighted by atomic mass is 10.00. The molecule has 0 aliphatic heterocycles. The van der Waals surface area contributed by atoms with Gasteiger partial charge in [0.25, 0.3) is 5.91 Å². The third kappa shape index (κ3) is 3.81. The zero-order chi connectivity index (χ0) is 15.2. The van der Waals surface area contributed by atoms with Gasteiger partial charge in [-0.3, -0.25) is 9.78 Å². The van der Waals surface area contributed by atoms with Crippen molar-refractivity contribution in [2.24, 2.45) is 0 Å². The average molecular weight is 284 g/mol. The topological polar surface area (TPSA) is 51.2 Å². The van der Waals surface area contributed by atoms with Crippen LogP contribution < -0.4 is 10.1 Å². The largest absolute Gasteiger partial charge is 0.496 e. The van der Waals surface area contributed by atoms with Crippen LogP contribution in [0.15, 0.2) is 42.7 Å². The van der Waals surface area contributed by atoms with Gasteiger partial charge in [-0.1, -0.05) is 26.0 Å². The number of ether oxygens (including phenoxy) is 1. The highest BCUT2D eigenvalue weighted by atomic mass is 16.5. The van der Waals surface area contributed by atoms with Crippen molar-refractivity contribution in [1.82, 2.24) is 10.3 Å². The van der Waals surface area contributed by atoms with Crippen molar-refractivity contribution in [2.75, 3.05) is 7.11 Å². The highest BCUT2D eigenvalue weighted by molar-refractivity contribution is 5.93. The Bertz CT molecular complexity index is 609. The molecule has 0 fully saturated rings. The number of hydrogen-bond donors (Lipinski definition) is 1. The van der Waals surface area contributed by atoms with Gasteiger partial charge in [0.1, 0.15) is 5.75 Å². The van der Waals surface area contributed by atoms with E-state index in [4.69, 9.17) is 4.74 Å². The number of benzene rings is 1. The summed E-state index contributed by atoms with van der Waals surface area (Å²) in [7, 11) is 1.64. The highest BCUT2D eigenvalue weighted by Crippen LogP contribution is 2.24. The van der Waals surface area contributed by atoms with E-state index in [1.165, 1.54) is 5.56 Å². The van der Waals surface area contributed by atoms with Gasteiger partial charge in [-0.25, -0.2) is 0 Å². The molecule has 2 aromatic rings. The summed E-state index contributed by atoms with van der Waals surface area (Å²) in [6, 6.07) is 9.46. The van der Waals surface area contributed by atoms with Gasteiger partial charge < -0.3 is 10.1 Å². The molecule has 0 saturated carbocycles. The number of nitrogens with one attached hydrogen (secondary N) is 1. The molecule has 110 valence electrons. The van der Waals surface area contributed by atoms with Gasteiger partial charge in [0.2, 0.25) is 0 Å². The molecule has 0 radical (unpaired) electrons. The third-order valence-corrected chi connectivity index (χ3v) is 3.35. The van der Waals surface area contributed by atoms with Gasteiger partial charge in [0.15, 0.2) is 0 Å². The zero-order valence-electron chi connectivity index (χ0n) is 12.6. The third-order valence-electron chi connectivity index (χ3n) is 3.35. The minimum Gasteiger partial charge on any atom is -0.496 e. The maximum absolute atomic E-state index is 12.1. The number of pyridine rings is 1. The summed E-state index contributed by atoms with van der Waals surface area (Å²) in [5.74, 6) is 1.11. The summed E-state index contributed by atoms with van der Waals surface area (Å²) < 4.78 is 5.36. The number of carbonyl (C=O) groups excluding carboxylic acids is 1. The molecule has 4 nitrogen and oxygen atoms in total. The second kappa shape index (κ2) is 6.88. The maximum Gasteiger partial charge on any atom is 0.251 e. The fraction of sp³-hybridized carbons (Fsp3) is 0.294. The molecule has 0 aliphatic carbocycles. The van der Waals surface area contributed by atoms with Crippen LogP contribution in [0.1, 0.15) is 41.3 Å². The van der Waals surface area contributed by atoms with Crippen LogP contribution in [-0.4, -0.2) is 18.0 Å². The molecule has 21 heavy (non-hydrogen) atoms. The molecule has 0 bridgehead atoms. The van der Waals surface area contributed by atoms with Crippen LogP contribution in [0.25, 0.3) is 0 Å². The minimum atomic E-state index is -0.116. The second-order valence-electron chi connectivity index (χ2n) is 5.14. The molecule has 1 heterocycles. The Morgan fingerprint density at radius 1 is 1.24 bits per heavy atom. The van der Waals surface area contributed by atoms with Crippen molar-refractivity contribution in [1.29, 1.82) is 0 Å². The Hall–Kier alpha value is -2.36. The van der Waals surface area contributed by atoms with Crippen LogP contribution in [0.2, 0.25) is 0 Å². The van der Waals surface area contributed by atoms with Crippen molar-refractivity contribution in [3.05, 3.63) is 59.4 Å². The van der Waals surface area contributed by atoms with E-state index in [1.807, 2.05) is 6.07 Å². The predicted octanol–water partition coefficient (Wildman–Crippen LogP) is 3.14. The number of aromatic nitrogens is 1. The molecule has 0 saturated heterocycles. The first-order valence-electron chi connectivity index (χ1n) is 6.97. The van der Waals surface area contributed by atoms with E-state index in [2.05, 4.69) is 36.3 Å². The summed E-state index contributed by atoms with van der Waals surface area (Å²) >= 11 is 0. The Kier molecular flexibility index (Phi) is 4.93. The fourth-order valence-corrected chi connectivity index (χ4v) is 2.08. The van der Waals surface area contributed by atoms with Crippen molar-refractivity contribution in [3.63, 3.8) is 0 Å². The Balaban J connectivity index is 2.12. The average Bonchev–Trinajstić information content (AvgIpc) is 2.53. The maximum atomic E-state index is 12.1. The lowest BCUT2D eigenvalue weighted by molar-refractivity contribution is 0.0950. The Morgan fingerprint density at radius 3 is 2.57 bits per heavy atom. The van der Waals surface area contributed by atoms with E-state index in [0.29, 0.717) is 18.0 Å². The first-order chi connectivity index (χ1) is 10.1. The molecule has 0 unspecified atom stereocenters. The summed E-state index contributed by atoms with van der Waals surface area (Å²) in [5.41, 5.74) is 2.80. The zero-order valence-corrected chi connectivity index (χ0v) is 12.6. The van der Waals surface area contributed by atoms with Crippen LogP contribution >= 0.6 is 0 Å². The minimum absolute atomic E-state index is 0.116. The molecule has 1 amide bonds. The number of carbonyl (C=O) groups is 1. The van der Waals surface area contributed by atoms with E-state index in [9.17, 15) is 4.79 Å². The molecule has 0 atom stereocenters. The standard InChI is InChI=1S/C17H20N2O2/c1-12(2)14-4-5-16(21-3)15(10-14)11-19-17(20)13-6-8-18-9-7-13/h4-10,12H,11H2,1-3H3,(H,19,20). The fourth-order valence-electron chi connectivity index (χ4n) is 2.08. The van der Waals surface area contributed by atoms with Crippen LogP contribution in [0.5, 0.6) is 5.75 Å². The lowest BCUT2D eigenvalue weighted by Crippen LogP contribution is -2.23. The van der Waals surface area contributed by atoms with E-state index < -0.39 is 0 Å². The van der Waals surface area contributed by atoms with Crippen LogP contribution in [0.4, 0.5) is 0 Å². The number of nitrogens with zero attached hydrogens (tertiary/aromatic N) is 1. The molecule has 1 N–H and O–H groups in total. The molecular weight excluding hydrogens is 264 g/mol. The molecule has 2 rings (SSSR count). The number of methoxy groups -OCH3 is 1. The van der Waals surface area contributed by atoms with E-state index in [0.717, 1.165) is 11.3 Å². The van der Waals surface area contributed by atoms with Crippen molar-refractivity contribution in [2.45, 2.75) is 26.3 Å². The van der Waals surface area contributed by atoms with Gasteiger partial charge >= 0.3 is 0 Å². The normalized spacial score (nSPS) is 10.5. The number of rotatable bonds is 5.